The first-order valence-corrected chi connectivity index (χ1v) is 12.8. The molecule has 0 radical (unpaired) electrons. The van der Waals surface area contributed by atoms with Crippen LogP contribution in [0.4, 0.5) is 16.2 Å². The van der Waals surface area contributed by atoms with Crippen LogP contribution < -0.4 is 9.80 Å². The number of aryl methyl sites for hydroxylation is 1. The number of aromatic nitrogens is 3. The Kier molecular flexibility index (Phi) is 7.26. The smallest absolute Gasteiger partial charge is 0.414 e. The zero-order chi connectivity index (χ0) is 26.7. The average molecular weight is 518 g/mol. The molecule has 2 atom stereocenters. The van der Waals surface area contributed by atoms with E-state index < -0.39 is 11.5 Å². The van der Waals surface area contributed by atoms with Crippen molar-refractivity contribution in [1.29, 1.82) is 0 Å². The number of para-hydroxylation sites is 1. The zero-order valence-electron chi connectivity index (χ0n) is 21.2. The van der Waals surface area contributed by atoms with Crippen molar-refractivity contribution in [2.75, 3.05) is 29.6 Å². The normalized spacial score (nSPS) is 19.9. The molecule has 1 saturated heterocycles. The highest BCUT2D eigenvalue weighted by Crippen LogP contribution is 2.45. The van der Waals surface area contributed by atoms with Crippen molar-refractivity contribution in [3.8, 4) is 0 Å². The maximum Gasteiger partial charge on any atom is 0.414 e. The molecule has 3 aromatic rings. The van der Waals surface area contributed by atoms with E-state index in [2.05, 4.69) is 10.3 Å². The lowest BCUT2D eigenvalue weighted by Gasteiger charge is -2.27. The predicted octanol–water partition coefficient (Wildman–Crippen LogP) is 2.79. The van der Waals surface area contributed by atoms with Crippen LogP contribution in [0.3, 0.4) is 0 Å². The fourth-order valence-electron chi connectivity index (χ4n) is 4.97. The van der Waals surface area contributed by atoms with Gasteiger partial charge in [-0.15, -0.1) is 5.10 Å². The third kappa shape index (κ3) is 4.80. The van der Waals surface area contributed by atoms with Crippen molar-refractivity contribution >= 4 is 23.4 Å². The first-order valence-electron chi connectivity index (χ1n) is 12.8. The number of anilines is 2. The molecule has 0 spiro atoms. The van der Waals surface area contributed by atoms with Gasteiger partial charge in [0.15, 0.2) is 5.60 Å². The van der Waals surface area contributed by atoms with Crippen LogP contribution in [0, 0.1) is 5.92 Å². The number of amides is 2. The summed E-state index contributed by atoms with van der Waals surface area (Å²) in [4.78, 5) is 28.7. The number of ether oxygens (including phenoxy) is 1. The van der Waals surface area contributed by atoms with Crippen molar-refractivity contribution in [1.82, 2.24) is 15.0 Å². The first-order chi connectivity index (χ1) is 18.4. The number of benzene rings is 2. The summed E-state index contributed by atoms with van der Waals surface area (Å²) < 4.78 is 6.72. The monoisotopic (exact) mass is 517 g/mol. The van der Waals surface area contributed by atoms with Gasteiger partial charge in [0.1, 0.15) is 6.61 Å². The molecule has 1 fully saturated rings. The van der Waals surface area contributed by atoms with Crippen LogP contribution in [0.25, 0.3) is 0 Å². The minimum absolute atomic E-state index is 0.0293. The molecule has 2 amide bonds. The van der Waals surface area contributed by atoms with Gasteiger partial charge in [0.05, 0.1) is 24.5 Å². The summed E-state index contributed by atoms with van der Waals surface area (Å²) in [6, 6.07) is 14.8. The second-order valence-electron chi connectivity index (χ2n) is 9.56. The molecule has 2 N–H and O–H groups in total. The molecular weight excluding hydrogens is 486 g/mol. The molecule has 10 heteroatoms. The van der Waals surface area contributed by atoms with E-state index in [0.29, 0.717) is 50.3 Å². The standard InChI is InChI=1S/C28H31N5O5/c1-20(6-4-5-14-31-19-22(13-16-34)29-30-31)28(37)24-7-2-3-8-25(24)33(26(28)35)18-21-9-11-23(12-10-21)32-15-17-38-27(32)36/h2-4,6-12,19-20,34,37H,5,13-18H2,1H3/b6-4+/t20-,28+/m0/s1. The highest BCUT2D eigenvalue weighted by Gasteiger charge is 2.52. The Morgan fingerprint density at radius 1 is 1.16 bits per heavy atom. The summed E-state index contributed by atoms with van der Waals surface area (Å²) >= 11 is 0. The van der Waals surface area contributed by atoms with E-state index in [1.54, 1.807) is 26.7 Å². The highest BCUT2D eigenvalue weighted by molar-refractivity contribution is 6.07. The number of rotatable bonds is 10. The van der Waals surface area contributed by atoms with Gasteiger partial charge in [-0.2, -0.15) is 0 Å². The lowest BCUT2D eigenvalue weighted by Crippen LogP contribution is -2.44. The minimum atomic E-state index is -1.69. The molecule has 1 aromatic heterocycles. The second kappa shape index (κ2) is 10.8. The van der Waals surface area contributed by atoms with E-state index in [9.17, 15) is 14.7 Å². The topological polar surface area (TPSA) is 121 Å². The minimum Gasteiger partial charge on any atom is -0.447 e. The summed E-state index contributed by atoms with van der Waals surface area (Å²) in [5, 5.41) is 28.9. The molecule has 2 aliphatic rings. The number of nitrogens with zero attached hydrogens (tertiary/aromatic N) is 5. The average Bonchev–Trinajstić information content (AvgIpc) is 3.62. The first kappa shape index (κ1) is 25.6. The summed E-state index contributed by atoms with van der Waals surface area (Å²) in [6.45, 7) is 3.65. The molecule has 38 heavy (non-hydrogen) atoms. The largest absolute Gasteiger partial charge is 0.447 e. The third-order valence-electron chi connectivity index (χ3n) is 7.09. The van der Waals surface area contributed by atoms with E-state index in [1.165, 1.54) is 0 Å². The van der Waals surface area contributed by atoms with Crippen molar-refractivity contribution < 1.29 is 24.5 Å². The number of fused-ring (bicyclic) bond motifs is 1. The Hall–Kier alpha value is -4.02. The Bertz CT molecular complexity index is 1340. The zero-order valence-corrected chi connectivity index (χ0v) is 21.2. The number of cyclic esters (lactones) is 1. The Labute approximate surface area is 220 Å². The Balaban J connectivity index is 1.28. The van der Waals surface area contributed by atoms with Gasteiger partial charge in [0.25, 0.3) is 5.91 Å². The fourth-order valence-corrected chi connectivity index (χ4v) is 4.97. The number of carbonyl (C=O) groups excluding carboxylic acids is 2. The predicted molar refractivity (Wildman–Crippen MR) is 140 cm³/mol. The van der Waals surface area contributed by atoms with Gasteiger partial charge in [-0.25, -0.2) is 4.79 Å². The van der Waals surface area contributed by atoms with E-state index in [4.69, 9.17) is 9.84 Å². The lowest BCUT2D eigenvalue weighted by atomic mass is 9.83. The third-order valence-corrected chi connectivity index (χ3v) is 7.09. The van der Waals surface area contributed by atoms with Gasteiger partial charge in [0.2, 0.25) is 0 Å². The molecule has 0 bridgehead atoms. The van der Waals surface area contributed by atoms with E-state index in [-0.39, 0.29) is 18.6 Å². The number of aliphatic hydroxyl groups excluding tert-OH is 1. The number of hydrogen-bond donors (Lipinski definition) is 2. The van der Waals surface area contributed by atoms with Gasteiger partial charge in [-0.3, -0.25) is 14.4 Å². The lowest BCUT2D eigenvalue weighted by molar-refractivity contribution is -0.139. The fraction of sp³-hybridized carbons (Fsp3) is 0.357. The molecule has 0 saturated carbocycles. The van der Waals surface area contributed by atoms with Crippen LogP contribution in [-0.2, 0) is 34.6 Å². The number of allylic oxidation sites excluding steroid dienone is 1. The van der Waals surface area contributed by atoms with Crippen LogP contribution in [0.15, 0.2) is 66.9 Å². The number of carbonyl (C=O) groups is 2. The van der Waals surface area contributed by atoms with Crippen LogP contribution in [0.2, 0.25) is 0 Å². The molecule has 10 nitrogen and oxygen atoms in total. The van der Waals surface area contributed by atoms with E-state index in [0.717, 1.165) is 16.9 Å². The molecule has 2 aromatic carbocycles. The quantitative estimate of drug-likeness (QED) is 0.397. The van der Waals surface area contributed by atoms with Crippen LogP contribution in [0.5, 0.6) is 0 Å². The maximum absolute atomic E-state index is 13.7. The molecule has 2 aliphatic heterocycles. The number of hydrogen-bond acceptors (Lipinski definition) is 7. The van der Waals surface area contributed by atoms with E-state index in [1.807, 2.05) is 61.5 Å². The maximum atomic E-state index is 13.7. The molecule has 3 heterocycles. The van der Waals surface area contributed by atoms with Crippen molar-refractivity contribution in [2.45, 2.75) is 38.5 Å². The van der Waals surface area contributed by atoms with Gasteiger partial charge < -0.3 is 19.8 Å². The summed E-state index contributed by atoms with van der Waals surface area (Å²) in [7, 11) is 0. The van der Waals surface area contributed by atoms with Gasteiger partial charge in [0, 0.05) is 42.9 Å². The van der Waals surface area contributed by atoms with Gasteiger partial charge in [-0.05, 0) is 30.2 Å². The van der Waals surface area contributed by atoms with E-state index >= 15 is 0 Å². The summed E-state index contributed by atoms with van der Waals surface area (Å²) in [5.74, 6) is -0.835. The summed E-state index contributed by atoms with van der Waals surface area (Å²) in [5.41, 5.74) is 1.95. The highest BCUT2D eigenvalue weighted by atomic mass is 16.6. The van der Waals surface area contributed by atoms with Crippen LogP contribution in [-0.4, -0.2) is 57.0 Å². The van der Waals surface area contributed by atoms with Crippen molar-refractivity contribution in [3.05, 3.63) is 83.7 Å². The number of aliphatic hydroxyl groups is 2. The van der Waals surface area contributed by atoms with Gasteiger partial charge >= 0.3 is 6.09 Å². The van der Waals surface area contributed by atoms with Crippen molar-refractivity contribution in [3.63, 3.8) is 0 Å². The summed E-state index contributed by atoms with van der Waals surface area (Å²) in [6.07, 6.45) is 6.37. The molecule has 198 valence electrons. The molecule has 0 unspecified atom stereocenters. The molecular formula is C28H31N5O5. The Morgan fingerprint density at radius 2 is 1.95 bits per heavy atom. The second-order valence-corrected chi connectivity index (χ2v) is 9.56. The Morgan fingerprint density at radius 3 is 2.68 bits per heavy atom. The van der Waals surface area contributed by atoms with Crippen molar-refractivity contribution in [2.24, 2.45) is 5.92 Å². The van der Waals surface area contributed by atoms with Gasteiger partial charge in [-0.1, -0.05) is 54.6 Å². The molecule has 0 aliphatic carbocycles. The van der Waals surface area contributed by atoms with Crippen LogP contribution in [0.1, 0.15) is 30.2 Å². The SMILES string of the molecule is C[C@@H](/C=C/CCn1cc(CCO)nn1)[C@]1(O)C(=O)N(Cc2ccc(N3CCOC3=O)cc2)c2ccccc21. The molecule has 5 rings (SSSR count). The van der Waals surface area contributed by atoms with Crippen LogP contribution >= 0.6 is 0 Å².